The lowest BCUT2D eigenvalue weighted by Gasteiger charge is -2.38. The van der Waals surface area contributed by atoms with E-state index in [0.717, 1.165) is 0 Å². The molecule has 2 aromatic rings. The summed E-state index contributed by atoms with van der Waals surface area (Å²) in [4.78, 5) is 24.0. The molecule has 0 spiro atoms. The van der Waals surface area contributed by atoms with Crippen molar-refractivity contribution >= 4 is 17.6 Å². The third-order valence-corrected chi connectivity index (χ3v) is 4.22. The number of carboxylic acid groups (broad SMARTS) is 1. The molecular formula is C19H16F3N2O5-. The lowest BCUT2D eigenvalue weighted by Crippen LogP contribution is -2.47. The number of carbonyl (C=O) groups excluding carboxylic acids is 2. The topological polar surface area (TPSA) is 90.9 Å². The van der Waals surface area contributed by atoms with E-state index in [-0.39, 0.29) is 17.1 Å². The highest BCUT2D eigenvalue weighted by Gasteiger charge is 2.40. The number of amides is 1. The second-order valence-electron chi connectivity index (χ2n) is 6.21. The molecule has 0 bridgehead atoms. The van der Waals surface area contributed by atoms with Crippen molar-refractivity contribution in [2.24, 2.45) is 0 Å². The highest BCUT2D eigenvalue weighted by Crippen LogP contribution is 2.38. The minimum atomic E-state index is -4.61. The van der Waals surface area contributed by atoms with Crippen molar-refractivity contribution < 1.29 is 37.3 Å². The van der Waals surface area contributed by atoms with E-state index in [9.17, 15) is 27.9 Å². The van der Waals surface area contributed by atoms with Gasteiger partial charge in [0.2, 0.25) is 0 Å². The molecule has 0 aromatic heterocycles. The Balaban J connectivity index is 2.00. The highest BCUT2D eigenvalue weighted by atomic mass is 19.4. The third kappa shape index (κ3) is 4.53. The molecule has 1 aliphatic heterocycles. The number of benzene rings is 2. The minimum Gasteiger partial charge on any atom is -0.546 e. The Morgan fingerprint density at radius 1 is 1.21 bits per heavy atom. The van der Waals surface area contributed by atoms with Crippen LogP contribution in [0.15, 0.2) is 42.5 Å². The molecule has 1 aliphatic rings. The van der Waals surface area contributed by atoms with Gasteiger partial charge >= 0.3 is 6.18 Å². The largest absolute Gasteiger partial charge is 0.546 e. The molecule has 0 saturated heterocycles. The van der Waals surface area contributed by atoms with Gasteiger partial charge in [-0.15, -0.1) is 0 Å². The number of carboxylic acids is 1. The summed E-state index contributed by atoms with van der Waals surface area (Å²) in [6.07, 6.45) is -5.73. The van der Waals surface area contributed by atoms with Gasteiger partial charge in [-0.2, -0.15) is 13.2 Å². The molecule has 0 fully saturated rings. The van der Waals surface area contributed by atoms with Crippen LogP contribution in [-0.2, 0) is 4.79 Å². The average Bonchev–Trinajstić information content (AvgIpc) is 2.67. The summed E-state index contributed by atoms with van der Waals surface area (Å²) in [7, 11) is 1.30. The van der Waals surface area contributed by atoms with E-state index in [0.29, 0.717) is 16.2 Å². The number of anilines is 1. The van der Waals surface area contributed by atoms with Crippen molar-refractivity contribution in [2.75, 3.05) is 25.6 Å². The minimum absolute atomic E-state index is 0.0744. The molecule has 7 nitrogen and oxygen atoms in total. The molecule has 0 saturated carbocycles. The van der Waals surface area contributed by atoms with Crippen molar-refractivity contribution in [3.63, 3.8) is 0 Å². The number of nitrogens with one attached hydrogen (secondary N) is 1. The molecule has 10 heteroatoms. The Morgan fingerprint density at radius 3 is 2.59 bits per heavy atom. The maximum atomic E-state index is 13.1. The fraction of sp³-hybridized carbons (Fsp3) is 0.263. The standard InChI is InChI=1S/C19H17F3N2O5/c1-28-15-8-11(6-7-14(15)29-9-16(25)26)17-23-13-5-3-2-4-12(13)18(27)24(17)10-19(20,21)22/h2-8,17,23H,9-10H2,1H3,(H,25,26)/p-1/t17-/m0/s1. The van der Waals surface area contributed by atoms with Gasteiger partial charge in [-0.25, -0.2) is 0 Å². The average molecular weight is 409 g/mol. The fourth-order valence-corrected chi connectivity index (χ4v) is 3.02. The van der Waals surface area contributed by atoms with Crippen LogP contribution in [0.5, 0.6) is 11.5 Å². The first-order valence-electron chi connectivity index (χ1n) is 8.43. The zero-order valence-corrected chi connectivity index (χ0v) is 15.2. The number of hydrogen-bond acceptors (Lipinski definition) is 6. The van der Waals surface area contributed by atoms with Gasteiger partial charge in [0, 0.05) is 5.69 Å². The molecule has 1 heterocycles. The summed E-state index contributed by atoms with van der Waals surface area (Å²) < 4.78 is 49.6. The van der Waals surface area contributed by atoms with Crippen molar-refractivity contribution in [3.05, 3.63) is 53.6 Å². The SMILES string of the molecule is COc1cc([C@H]2Nc3ccccc3C(=O)N2CC(F)(F)F)ccc1OCC(=O)[O-]. The molecule has 0 radical (unpaired) electrons. The van der Waals surface area contributed by atoms with E-state index >= 15 is 0 Å². The number of aliphatic carboxylic acids is 1. The molecule has 0 aliphatic carbocycles. The molecular weight excluding hydrogens is 393 g/mol. The van der Waals surface area contributed by atoms with Crippen LogP contribution in [0.1, 0.15) is 22.1 Å². The maximum Gasteiger partial charge on any atom is 0.406 e. The van der Waals surface area contributed by atoms with Gasteiger partial charge in [0.1, 0.15) is 19.3 Å². The summed E-state index contributed by atoms with van der Waals surface area (Å²) >= 11 is 0. The lowest BCUT2D eigenvalue weighted by molar-refractivity contribution is -0.307. The van der Waals surface area contributed by atoms with Crippen LogP contribution in [-0.4, -0.2) is 43.2 Å². The van der Waals surface area contributed by atoms with Crippen molar-refractivity contribution in [1.82, 2.24) is 4.90 Å². The van der Waals surface area contributed by atoms with Crippen LogP contribution in [0.25, 0.3) is 0 Å². The molecule has 2 aromatic carbocycles. The summed E-state index contributed by atoms with van der Waals surface area (Å²) in [5.41, 5.74) is 0.834. The number of ether oxygens (including phenoxy) is 2. The monoisotopic (exact) mass is 409 g/mol. The van der Waals surface area contributed by atoms with Gasteiger partial charge in [-0.05, 0) is 29.8 Å². The Morgan fingerprint density at radius 2 is 1.93 bits per heavy atom. The smallest absolute Gasteiger partial charge is 0.406 e. The number of para-hydroxylation sites is 1. The number of fused-ring (bicyclic) bond motifs is 1. The predicted octanol–water partition coefficient (Wildman–Crippen LogP) is 1.95. The Kier molecular flexibility index (Phi) is 5.53. The molecule has 3 rings (SSSR count). The molecule has 0 unspecified atom stereocenters. The van der Waals surface area contributed by atoms with Crippen molar-refractivity contribution in [3.8, 4) is 11.5 Å². The lowest BCUT2D eigenvalue weighted by atomic mass is 10.0. The molecule has 1 atom stereocenters. The van der Waals surface area contributed by atoms with E-state index in [1.807, 2.05) is 0 Å². The number of hydrogen-bond donors (Lipinski definition) is 1. The van der Waals surface area contributed by atoms with E-state index < -0.39 is 37.4 Å². The summed E-state index contributed by atoms with van der Waals surface area (Å²) in [6, 6.07) is 10.4. The van der Waals surface area contributed by atoms with E-state index in [4.69, 9.17) is 9.47 Å². The van der Waals surface area contributed by atoms with Crippen LogP contribution in [0.4, 0.5) is 18.9 Å². The fourth-order valence-electron chi connectivity index (χ4n) is 3.02. The van der Waals surface area contributed by atoms with Crippen molar-refractivity contribution in [1.29, 1.82) is 0 Å². The first-order valence-corrected chi connectivity index (χ1v) is 8.43. The number of methoxy groups -OCH3 is 1. The van der Waals surface area contributed by atoms with Crippen LogP contribution in [0.3, 0.4) is 0 Å². The maximum absolute atomic E-state index is 13.1. The normalized spacial score (nSPS) is 16.1. The first kappa shape index (κ1) is 20.3. The number of nitrogens with zero attached hydrogens (tertiary/aromatic N) is 1. The molecule has 29 heavy (non-hydrogen) atoms. The summed E-state index contributed by atoms with van der Waals surface area (Å²) in [5, 5.41) is 13.5. The summed E-state index contributed by atoms with van der Waals surface area (Å²) in [5.74, 6) is -2.03. The summed E-state index contributed by atoms with van der Waals surface area (Å²) in [6.45, 7) is -2.17. The van der Waals surface area contributed by atoms with Gasteiger partial charge in [0.15, 0.2) is 11.5 Å². The van der Waals surface area contributed by atoms with Crippen molar-refractivity contribution in [2.45, 2.75) is 12.3 Å². The number of halogens is 3. The van der Waals surface area contributed by atoms with Crippen LogP contribution >= 0.6 is 0 Å². The Labute approximate surface area is 163 Å². The van der Waals surface area contributed by atoms with Crippen LogP contribution in [0, 0.1) is 0 Å². The van der Waals surface area contributed by atoms with Gasteiger partial charge in [0.05, 0.1) is 18.6 Å². The Bertz CT molecular complexity index is 932. The van der Waals surface area contributed by atoms with E-state index in [1.54, 1.807) is 18.2 Å². The van der Waals surface area contributed by atoms with Crippen LogP contribution < -0.4 is 19.9 Å². The van der Waals surface area contributed by atoms with Gasteiger partial charge < -0.3 is 29.6 Å². The third-order valence-electron chi connectivity index (χ3n) is 4.22. The molecule has 1 N–H and O–H groups in total. The number of alkyl halides is 3. The van der Waals surface area contributed by atoms with Crippen LogP contribution in [0.2, 0.25) is 0 Å². The zero-order chi connectivity index (χ0) is 21.2. The Hall–Kier alpha value is -3.43. The van der Waals surface area contributed by atoms with E-state index in [2.05, 4.69) is 5.32 Å². The predicted molar refractivity (Wildman–Crippen MR) is 93.4 cm³/mol. The quantitative estimate of drug-likeness (QED) is 0.785. The second-order valence-corrected chi connectivity index (χ2v) is 6.21. The zero-order valence-electron chi connectivity index (χ0n) is 15.2. The first-order chi connectivity index (χ1) is 13.7. The van der Waals surface area contributed by atoms with Gasteiger partial charge in [-0.3, -0.25) is 4.79 Å². The van der Waals surface area contributed by atoms with Gasteiger partial charge in [0.25, 0.3) is 5.91 Å². The number of carbonyl (C=O) groups is 2. The van der Waals surface area contributed by atoms with Gasteiger partial charge in [-0.1, -0.05) is 18.2 Å². The highest BCUT2D eigenvalue weighted by molar-refractivity contribution is 6.01. The molecule has 1 amide bonds. The van der Waals surface area contributed by atoms with E-state index in [1.165, 1.54) is 31.4 Å². The second kappa shape index (κ2) is 7.90. The number of rotatable bonds is 6. The molecule has 154 valence electrons.